The summed E-state index contributed by atoms with van der Waals surface area (Å²) < 4.78 is 4.62. The predicted molar refractivity (Wildman–Crippen MR) is 30.7 cm³/mol. The second-order valence-electron chi connectivity index (χ2n) is 1.96. The quantitative estimate of drug-likeness (QED) is 0.394. The van der Waals surface area contributed by atoms with Crippen LogP contribution in [-0.4, -0.2) is 23.3 Å². The maximum atomic E-state index is 10.4. The molecule has 9 heavy (non-hydrogen) atoms. The summed E-state index contributed by atoms with van der Waals surface area (Å²) in [6.07, 6.45) is 0.346. The normalized spacial score (nSPS) is 34.1. The van der Waals surface area contributed by atoms with Crippen LogP contribution in [0.4, 0.5) is 0 Å². The third-order valence-corrected chi connectivity index (χ3v) is 1.25. The Morgan fingerprint density at radius 2 is 2.56 bits per heavy atom. The summed E-state index contributed by atoms with van der Waals surface area (Å²) in [5.41, 5.74) is 0. The number of cyclic esters (lactones) is 1. The van der Waals surface area contributed by atoms with E-state index in [1.54, 1.807) is 0 Å². The molecule has 0 spiro atoms. The smallest absolute Gasteiger partial charge is 0.309 e. The molecule has 50 valence electrons. The van der Waals surface area contributed by atoms with Crippen molar-refractivity contribution >= 4 is 5.97 Å². The fraction of sp³-hybridized carbons (Fsp3) is 0.500. The van der Waals surface area contributed by atoms with Crippen molar-refractivity contribution in [1.29, 1.82) is 0 Å². The van der Waals surface area contributed by atoms with Crippen molar-refractivity contribution < 1.29 is 14.6 Å². The van der Waals surface area contributed by atoms with Gasteiger partial charge in [-0.25, -0.2) is 0 Å². The zero-order chi connectivity index (χ0) is 6.85. The van der Waals surface area contributed by atoms with Crippen LogP contribution in [0.15, 0.2) is 12.7 Å². The van der Waals surface area contributed by atoms with Gasteiger partial charge < -0.3 is 9.84 Å². The molecule has 3 heteroatoms. The Morgan fingerprint density at radius 1 is 1.89 bits per heavy atom. The third-order valence-electron chi connectivity index (χ3n) is 1.25. The molecule has 1 aliphatic rings. The first-order valence-corrected chi connectivity index (χ1v) is 2.74. The van der Waals surface area contributed by atoms with Crippen molar-refractivity contribution in [2.24, 2.45) is 0 Å². The summed E-state index contributed by atoms with van der Waals surface area (Å²) in [5.74, 6) is -0.354. The molecule has 0 aromatic carbocycles. The largest absolute Gasteiger partial charge is 0.455 e. The van der Waals surface area contributed by atoms with E-state index in [0.29, 0.717) is 0 Å². The topological polar surface area (TPSA) is 46.5 Å². The van der Waals surface area contributed by atoms with Crippen molar-refractivity contribution in [3.8, 4) is 0 Å². The van der Waals surface area contributed by atoms with E-state index in [9.17, 15) is 4.79 Å². The Balaban J connectivity index is 2.57. The zero-order valence-corrected chi connectivity index (χ0v) is 4.91. The number of ether oxygens (including phenoxy) is 1. The van der Waals surface area contributed by atoms with Gasteiger partial charge in [0.25, 0.3) is 0 Å². The number of aliphatic hydroxyl groups is 1. The maximum Gasteiger partial charge on any atom is 0.309 e. The average Bonchev–Trinajstić information content (AvgIpc) is 2.10. The number of carbonyl (C=O) groups excluding carboxylic acids is 1. The maximum absolute atomic E-state index is 10.4. The second kappa shape index (κ2) is 2.19. The Kier molecular flexibility index (Phi) is 1.53. The lowest BCUT2D eigenvalue weighted by atomic mass is 10.2. The van der Waals surface area contributed by atoms with Gasteiger partial charge in [0.1, 0.15) is 12.2 Å². The van der Waals surface area contributed by atoms with Gasteiger partial charge in [0.2, 0.25) is 0 Å². The molecule has 0 radical (unpaired) electrons. The van der Waals surface area contributed by atoms with Gasteiger partial charge in [-0.3, -0.25) is 4.79 Å². The van der Waals surface area contributed by atoms with Crippen LogP contribution in [0.5, 0.6) is 0 Å². The summed E-state index contributed by atoms with van der Waals surface area (Å²) in [4.78, 5) is 10.4. The second-order valence-corrected chi connectivity index (χ2v) is 1.96. The molecule has 0 bridgehead atoms. The molecule has 0 aromatic rings. The highest BCUT2D eigenvalue weighted by atomic mass is 16.6. The van der Waals surface area contributed by atoms with Crippen LogP contribution in [0.25, 0.3) is 0 Å². The summed E-state index contributed by atoms with van der Waals surface area (Å²) in [5, 5.41) is 8.94. The van der Waals surface area contributed by atoms with E-state index in [4.69, 9.17) is 5.11 Å². The number of carbonyl (C=O) groups is 1. The Morgan fingerprint density at radius 3 is 2.78 bits per heavy atom. The molecule has 0 saturated carbocycles. The predicted octanol–water partition coefficient (Wildman–Crippen LogP) is -0.151. The molecule has 1 saturated heterocycles. The van der Waals surface area contributed by atoms with Gasteiger partial charge in [0.05, 0.1) is 6.42 Å². The van der Waals surface area contributed by atoms with Gasteiger partial charge in [-0.2, -0.15) is 0 Å². The van der Waals surface area contributed by atoms with Crippen molar-refractivity contribution in [3.63, 3.8) is 0 Å². The van der Waals surface area contributed by atoms with Crippen LogP contribution < -0.4 is 0 Å². The Hall–Kier alpha value is -0.830. The molecule has 0 aromatic heterocycles. The molecule has 1 N–H and O–H groups in total. The minimum atomic E-state index is -0.685. The van der Waals surface area contributed by atoms with Crippen molar-refractivity contribution in [1.82, 2.24) is 0 Å². The fourth-order valence-electron chi connectivity index (χ4n) is 0.771. The Labute approximate surface area is 52.9 Å². The SMILES string of the molecule is C=CC1OC(=O)CC1O. The minimum absolute atomic E-state index is 0.0939. The van der Waals surface area contributed by atoms with Gasteiger partial charge >= 0.3 is 5.97 Å². The molecule has 0 amide bonds. The van der Waals surface area contributed by atoms with Gasteiger partial charge in [-0.05, 0) is 6.08 Å². The van der Waals surface area contributed by atoms with Crippen molar-refractivity contribution in [2.45, 2.75) is 18.6 Å². The molecule has 2 unspecified atom stereocenters. The van der Waals surface area contributed by atoms with Crippen LogP contribution in [0.2, 0.25) is 0 Å². The minimum Gasteiger partial charge on any atom is -0.455 e. The van der Waals surface area contributed by atoms with Gasteiger partial charge in [0, 0.05) is 0 Å². The first kappa shape index (κ1) is 6.29. The van der Waals surface area contributed by atoms with Crippen LogP contribution in [-0.2, 0) is 9.53 Å². The molecule has 2 atom stereocenters. The van der Waals surface area contributed by atoms with Crippen molar-refractivity contribution in [2.75, 3.05) is 0 Å². The van der Waals surface area contributed by atoms with E-state index >= 15 is 0 Å². The monoisotopic (exact) mass is 128 g/mol. The molecule has 1 fully saturated rings. The standard InChI is InChI=1S/C6H8O3/c1-2-5-4(7)3-6(8)9-5/h2,4-5,7H,1,3H2. The van der Waals surface area contributed by atoms with E-state index in [1.807, 2.05) is 0 Å². The van der Waals surface area contributed by atoms with Crippen LogP contribution >= 0.6 is 0 Å². The third kappa shape index (κ3) is 1.10. The summed E-state index contributed by atoms with van der Waals surface area (Å²) in [6.45, 7) is 3.39. The lowest BCUT2D eigenvalue weighted by Crippen LogP contribution is -2.16. The molecule has 1 rings (SSSR count). The van der Waals surface area contributed by atoms with E-state index in [2.05, 4.69) is 11.3 Å². The first-order valence-electron chi connectivity index (χ1n) is 2.74. The van der Waals surface area contributed by atoms with Gasteiger partial charge in [0.15, 0.2) is 0 Å². The lowest BCUT2D eigenvalue weighted by molar-refractivity contribution is -0.140. The average molecular weight is 128 g/mol. The molecular formula is C6H8O3. The van der Waals surface area contributed by atoms with Crippen molar-refractivity contribution in [3.05, 3.63) is 12.7 Å². The highest BCUT2D eigenvalue weighted by molar-refractivity contribution is 5.72. The molecule has 0 aliphatic carbocycles. The van der Waals surface area contributed by atoms with Gasteiger partial charge in [-0.15, -0.1) is 0 Å². The number of hydrogen-bond acceptors (Lipinski definition) is 3. The fourth-order valence-corrected chi connectivity index (χ4v) is 0.771. The first-order chi connectivity index (χ1) is 4.24. The van der Waals surface area contributed by atoms with E-state index in [0.717, 1.165) is 0 Å². The summed E-state index contributed by atoms with van der Waals surface area (Å²) >= 11 is 0. The summed E-state index contributed by atoms with van der Waals surface area (Å²) in [6, 6.07) is 0. The van der Waals surface area contributed by atoms with E-state index in [-0.39, 0.29) is 12.4 Å². The molecule has 1 heterocycles. The molecular weight excluding hydrogens is 120 g/mol. The lowest BCUT2D eigenvalue weighted by Gasteiger charge is -2.04. The van der Waals surface area contributed by atoms with E-state index < -0.39 is 12.2 Å². The molecule has 3 nitrogen and oxygen atoms in total. The van der Waals surface area contributed by atoms with E-state index in [1.165, 1.54) is 6.08 Å². The van der Waals surface area contributed by atoms with Crippen LogP contribution in [0, 0.1) is 0 Å². The number of esters is 1. The molecule has 1 aliphatic heterocycles. The van der Waals surface area contributed by atoms with Crippen LogP contribution in [0.1, 0.15) is 6.42 Å². The highest BCUT2D eigenvalue weighted by Crippen LogP contribution is 2.14. The van der Waals surface area contributed by atoms with Crippen LogP contribution in [0.3, 0.4) is 0 Å². The Bertz CT molecular complexity index is 141. The highest BCUT2D eigenvalue weighted by Gasteiger charge is 2.30. The number of aliphatic hydroxyl groups excluding tert-OH is 1. The van der Waals surface area contributed by atoms with Gasteiger partial charge in [-0.1, -0.05) is 6.58 Å². The number of rotatable bonds is 1. The zero-order valence-electron chi connectivity index (χ0n) is 4.91. The number of hydrogen-bond donors (Lipinski definition) is 1. The summed E-state index contributed by atoms with van der Waals surface area (Å²) in [7, 11) is 0.